The molecule has 4 heteroatoms. The Bertz CT molecular complexity index is 1510. The van der Waals surface area contributed by atoms with Gasteiger partial charge in [-0.2, -0.15) is 0 Å². The van der Waals surface area contributed by atoms with Gasteiger partial charge < -0.3 is 0 Å². The van der Waals surface area contributed by atoms with E-state index in [0.29, 0.717) is 0 Å². The van der Waals surface area contributed by atoms with Crippen LogP contribution in [-0.4, -0.2) is 0 Å². The number of rotatable bonds is 7. The molecule has 0 aliphatic heterocycles. The second kappa shape index (κ2) is 11.9. The van der Waals surface area contributed by atoms with E-state index in [1.54, 1.807) is 0 Å². The Kier molecular flexibility index (Phi) is 8.15. The number of aryl methyl sites for hydroxylation is 2. The van der Waals surface area contributed by atoms with Crippen LogP contribution >= 0.6 is 38.5 Å². The molecule has 40 heavy (non-hydrogen) atoms. The van der Waals surface area contributed by atoms with Crippen molar-refractivity contribution in [3.63, 3.8) is 0 Å². The SMILES string of the molecule is Cc1sc(P(c2ccccc2)c2ccccc2)c(-c2c(P(c3ccccc3)c3ccccc3)sc(C)c2C)c1C. The van der Waals surface area contributed by atoms with E-state index >= 15 is 0 Å². The summed E-state index contributed by atoms with van der Waals surface area (Å²) in [6.07, 6.45) is 0. The van der Waals surface area contributed by atoms with E-state index in [0.717, 1.165) is 0 Å². The van der Waals surface area contributed by atoms with Crippen LogP contribution in [0, 0.1) is 27.7 Å². The van der Waals surface area contributed by atoms with E-state index in [2.05, 4.69) is 149 Å². The van der Waals surface area contributed by atoms with Gasteiger partial charge in [0.25, 0.3) is 0 Å². The van der Waals surface area contributed by atoms with Crippen molar-refractivity contribution < 1.29 is 0 Å². The number of hydrogen-bond acceptors (Lipinski definition) is 2. The first-order chi connectivity index (χ1) is 19.5. The molecular weight excluding hydrogens is 558 g/mol. The van der Waals surface area contributed by atoms with Crippen molar-refractivity contribution >= 4 is 69.0 Å². The van der Waals surface area contributed by atoms with Crippen LogP contribution < -0.4 is 30.5 Å². The van der Waals surface area contributed by atoms with Crippen LogP contribution in [0.4, 0.5) is 0 Å². The predicted molar refractivity (Wildman–Crippen MR) is 184 cm³/mol. The van der Waals surface area contributed by atoms with Crippen LogP contribution in [0.25, 0.3) is 11.1 Å². The third-order valence-corrected chi connectivity index (χ3v) is 15.6. The second-order valence-corrected chi connectivity index (χ2v) is 17.3. The van der Waals surface area contributed by atoms with Crippen molar-refractivity contribution in [2.45, 2.75) is 27.7 Å². The van der Waals surface area contributed by atoms with Gasteiger partial charge in [0.15, 0.2) is 0 Å². The van der Waals surface area contributed by atoms with Gasteiger partial charge in [0.05, 0.1) is 0 Å². The van der Waals surface area contributed by atoms with Gasteiger partial charge in [0, 0.05) is 30.1 Å². The molecule has 6 aromatic rings. The summed E-state index contributed by atoms with van der Waals surface area (Å²) in [6.45, 7) is 9.30. The van der Waals surface area contributed by atoms with E-state index in [1.807, 2.05) is 22.7 Å². The molecule has 0 bridgehead atoms. The van der Waals surface area contributed by atoms with Crippen LogP contribution in [0.5, 0.6) is 0 Å². The summed E-state index contributed by atoms with van der Waals surface area (Å²) >= 11 is 4.01. The lowest BCUT2D eigenvalue weighted by molar-refractivity contribution is 1.41. The molecule has 0 aliphatic rings. The molecule has 4 aromatic carbocycles. The van der Waals surface area contributed by atoms with Gasteiger partial charge in [0.1, 0.15) is 0 Å². The van der Waals surface area contributed by atoms with Crippen molar-refractivity contribution in [3.8, 4) is 11.1 Å². The monoisotopic (exact) mass is 590 g/mol. The molecule has 0 aliphatic carbocycles. The molecule has 0 amide bonds. The van der Waals surface area contributed by atoms with Crippen molar-refractivity contribution in [2.24, 2.45) is 0 Å². The van der Waals surface area contributed by atoms with Gasteiger partial charge in [-0.3, -0.25) is 0 Å². The summed E-state index contributed by atoms with van der Waals surface area (Å²) in [4.78, 5) is 2.84. The molecule has 2 aromatic heterocycles. The van der Waals surface area contributed by atoms with Gasteiger partial charge in [-0.15, -0.1) is 22.7 Å². The normalized spacial score (nSPS) is 11.4. The Morgan fingerprint density at radius 2 is 0.625 bits per heavy atom. The van der Waals surface area contributed by atoms with E-state index in [9.17, 15) is 0 Å². The molecule has 0 saturated heterocycles. The maximum absolute atomic E-state index is 2.34. The minimum Gasteiger partial charge on any atom is -0.139 e. The molecule has 0 N–H and O–H groups in total. The molecule has 2 heterocycles. The minimum absolute atomic E-state index is 0.699. The quantitative estimate of drug-likeness (QED) is 0.164. The molecule has 6 rings (SSSR count). The third-order valence-electron chi connectivity index (χ3n) is 7.45. The fourth-order valence-corrected chi connectivity index (χ4v) is 14.2. The first-order valence-corrected chi connectivity index (χ1v) is 17.9. The standard InChI is InChI=1S/C36H32P2S2/c1-25-27(3)39-35(37(29-17-9-5-10-18-29)30-19-11-6-12-20-30)33(25)34-26(2)28(4)40-36(34)38(31-21-13-7-14-22-31)32-23-15-8-16-24-32/h5-24H,1-4H3. The number of hydrogen-bond donors (Lipinski definition) is 0. The number of benzene rings is 4. The van der Waals surface area contributed by atoms with Crippen LogP contribution in [0.2, 0.25) is 0 Å². The Morgan fingerprint density at radius 1 is 0.375 bits per heavy atom. The Morgan fingerprint density at radius 3 is 0.875 bits per heavy atom. The molecule has 0 nitrogen and oxygen atoms in total. The smallest absolute Gasteiger partial charge is 0.0452 e. The average molecular weight is 591 g/mol. The zero-order valence-electron chi connectivity index (χ0n) is 23.3. The van der Waals surface area contributed by atoms with E-state index in [1.165, 1.54) is 62.5 Å². The lowest BCUT2D eigenvalue weighted by atomic mass is 10.0. The highest BCUT2D eigenvalue weighted by Crippen LogP contribution is 2.48. The zero-order chi connectivity index (χ0) is 27.6. The highest BCUT2D eigenvalue weighted by Gasteiger charge is 2.31. The molecule has 198 valence electrons. The van der Waals surface area contributed by atoms with Crippen LogP contribution in [-0.2, 0) is 0 Å². The fraction of sp³-hybridized carbons (Fsp3) is 0.111. The average Bonchev–Trinajstić information content (AvgIpc) is 3.44. The van der Waals surface area contributed by atoms with Crippen LogP contribution in [0.1, 0.15) is 20.9 Å². The fourth-order valence-electron chi connectivity index (χ4n) is 5.20. The summed E-state index contributed by atoms with van der Waals surface area (Å²) in [5.41, 5.74) is 5.80. The van der Waals surface area contributed by atoms with Crippen molar-refractivity contribution in [1.29, 1.82) is 0 Å². The number of thiophene rings is 2. The summed E-state index contributed by atoms with van der Waals surface area (Å²) in [5, 5.41) is 5.63. The summed E-state index contributed by atoms with van der Waals surface area (Å²) < 4.78 is 3.03. The molecule has 0 spiro atoms. The maximum atomic E-state index is 2.34. The van der Waals surface area contributed by atoms with Gasteiger partial charge in [-0.05, 0) is 75.9 Å². The topological polar surface area (TPSA) is 0 Å². The van der Waals surface area contributed by atoms with E-state index in [-0.39, 0.29) is 0 Å². The highest BCUT2D eigenvalue weighted by molar-refractivity contribution is 7.85. The van der Waals surface area contributed by atoms with E-state index in [4.69, 9.17) is 0 Å². The maximum Gasteiger partial charge on any atom is 0.0452 e. The van der Waals surface area contributed by atoms with Crippen molar-refractivity contribution in [2.75, 3.05) is 0 Å². The van der Waals surface area contributed by atoms with Gasteiger partial charge in [-0.25, -0.2) is 0 Å². The Balaban J connectivity index is 1.65. The van der Waals surface area contributed by atoms with Gasteiger partial charge in [-0.1, -0.05) is 121 Å². The van der Waals surface area contributed by atoms with Gasteiger partial charge >= 0.3 is 0 Å². The lowest BCUT2D eigenvalue weighted by Crippen LogP contribution is -2.23. The Labute approximate surface area is 248 Å². The van der Waals surface area contributed by atoms with Gasteiger partial charge in [0.2, 0.25) is 0 Å². The van der Waals surface area contributed by atoms with Crippen molar-refractivity contribution in [3.05, 3.63) is 142 Å². The molecule has 0 radical (unpaired) electrons. The van der Waals surface area contributed by atoms with Crippen LogP contribution in [0.15, 0.2) is 121 Å². The largest absolute Gasteiger partial charge is 0.139 e. The first-order valence-electron chi connectivity index (χ1n) is 13.6. The molecule has 0 atom stereocenters. The summed E-state index contributed by atoms with van der Waals surface area (Å²) in [7, 11) is -1.40. The molecule has 0 saturated carbocycles. The Hall–Kier alpha value is -2.86. The molecular formula is C36H32P2S2. The van der Waals surface area contributed by atoms with Crippen molar-refractivity contribution in [1.82, 2.24) is 0 Å². The summed E-state index contributed by atoms with van der Waals surface area (Å²) in [6, 6.07) is 44.6. The minimum atomic E-state index is -0.699. The zero-order valence-corrected chi connectivity index (χ0v) is 26.7. The lowest BCUT2D eigenvalue weighted by Gasteiger charge is -2.23. The summed E-state index contributed by atoms with van der Waals surface area (Å²) in [5.74, 6) is 0. The van der Waals surface area contributed by atoms with E-state index < -0.39 is 15.8 Å². The van der Waals surface area contributed by atoms with Crippen LogP contribution in [0.3, 0.4) is 0 Å². The predicted octanol–water partition coefficient (Wildman–Crippen LogP) is 8.23. The second-order valence-electron chi connectivity index (χ2n) is 9.94. The molecule has 0 unspecified atom stereocenters. The highest BCUT2D eigenvalue weighted by atomic mass is 32.1. The molecule has 0 fully saturated rings. The first kappa shape index (κ1) is 27.3. The third kappa shape index (κ3) is 5.15.